The molecule has 2 saturated heterocycles. The molecule has 0 spiro atoms. The van der Waals surface area contributed by atoms with Crippen LogP contribution in [0.15, 0.2) is 30.3 Å². The summed E-state index contributed by atoms with van der Waals surface area (Å²) in [6.45, 7) is 10.5. The van der Waals surface area contributed by atoms with E-state index in [0.29, 0.717) is 0 Å². The number of halogens is 1. The molecule has 0 aliphatic carbocycles. The number of nitrogens with zero attached hydrogens (tertiary/aromatic N) is 6. The quantitative estimate of drug-likeness (QED) is 0.738. The number of nitrogens with one attached hydrogen (secondary N) is 1. The van der Waals surface area contributed by atoms with E-state index in [-0.39, 0.29) is 12.4 Å². The Bertz CT molecular complexity index is 976. The van der Waals surface area contributed by atoms with Crippen LogP contribution < -0.4 is 15.1 Å². The lowest BCUT2D eigenvalue weighted by Gasteiger charge is -2.38. The Morgan fingerprint density at radius 3 is 2.30 bits per heavy atom. The summed E-state index contributed by atoms with van der Waals surface area (Å²) in [6.07, 6.45) is 0.951. The second-order valence-electron chi connectivity index (χ2n) is 9.18. The Kier molecular flexibility index (Phi) is 7.71. The minimum absolute atomic E-state index is 0. The van der Waals surface area contributed by atoms with Crippen LogP contribution in [-0.2, 0) is 19.5 Å². The van der Waals surface area contributed by atoms with Gasteiger partial charge in [-0.15, -0.1) is 12.4 Å². The van der Waals surface area contributed by atoms with Crippen LogP contribution in [0.3, 0.4) is 0 Å². The molecule has 0 radical (unpaired) electrons. The summed E-state index contributed by atoms with van der Waals surface area (Å²) in [5, 5.41) is 13.7. The first-order valence-electron chi connectivity index (χ1n) is 11.8. The van der Waals surface area contributed by atoms with Crippen molar-refractivity contribution in [3.05, 3.63) is 52.6 Å². The van der Waals surface area contributed by atoms with Crippen molar-refractivity contribution in [2.75, 3.05) is 75.8 Å². The van der Waals surface area contributed by atoms with E-state index < -0.39 is 0 Å². The Morgan fingerprint density at radius 2 is 1.61 bits per heavy atom. The molecule has 3 aliphatic heterocycles. The molecule has 33 heavy (non-hydrogen) atoms. The predicted octanol–water partition coefficient (Wildman–Crippen LogP) is 2.09. The van der Waals surface area contributed by atoms with E-state index in [0.717, 1.165) is 95.6 Å². The SMILES string of the molecule is CN1CCN(c2nc(N3CCNCC3)c3c(c2C#N)CN(Cc2ccccc2)CC3)CC1.Cl. The van der Waals surface area contributed by atoms with Crippen LogP contribution in [0, 0.1) is 11.3 Å². The highest BCUT2D eigenvalue weighted by Gasteiger charge is 2.30. The number of likely N-dealkylation sites (N-methyl/N-ethyl adjacent to an activating group) is 1. The first kappa shape index (κ1) is 23.8. The van der Waals surface area contributed by atoms with Gasteiger partial charge in [-0.3, -0.25) is 4.90 Å². The van der Waals surface area contributed by atoms with Crippen LogP contribution in [0.4, 0.5) is 11.6 Å². The van der Waals surface area contributed by atoms with Gasteiger partial charge in [0.15, 0.2) is 0 Å². The van der Waals surface area contributed by atoms with Gasteiger partial charge in [-0.1, -0.05) is 30.3 Å². The van der Waals surface area contributed by atoms with E-state index in [4.69, 9.17) is 4.98 Å². The van der Waals surface area contributed by atoms with E-state index in [9.17, 15) is 5.26 Å². The maximum absolute atomic E-state index is 10.3. The summed E-state index contributed by atoms with van der Waals surface area (Å²) >= 11 is 0. The molecule has 3 aliphatic rings. The highest BCUT2D eigenvalue weighted by molar-refractivity contribution is 5.85. The Morgan fingerprint density at radius 1 is 0.909 bits per heavy atom. The second-order valence-corrected chi connectivity index (χ2v) is 9.18. The first-order chi connectivity index (χ1) is 15.7. The summed E-state index contributed by atoms with van der Waals surface area (Å²) < 4.78 is 0. The van der Waals surface area contributed by atoms with Crippen LogP contribution in [0.25, 0.3) is 0 Å². The highest BCUT2D eigenvalue weighted by Crippen LogP contribution is 2.36. The van der Waals surface area contributed by atoms with Gasteiger partial charge >= 0.3 is 0 Å². The number of fused-ring (bicyclic) bond motifs is 1. The minimum atomic E-state index is 0. The molecule has 176 valence electrons. The summed E-state index contributed by atoms with van der Waals surface area (Å²) in [7, 11) is 2.16. The Balaban J connectivity index is 0.00000259. The molecule has 5 rings (SSSR count). The normalized spacial score (nSPS) is 19.5. The maximum atomic E-state index is 10.3. The fourth-order valence-electron chi connectivity index (χ4n) is 5.13. The topological polar surface area (TPSA) is 61.7 Å². The van der Waals surface area contributed by atoms with Gasteiger partial charge in [-0.2, -0.15) is 5.26 Å². The van der Waals surface area contributed by atoms with Crippen LogP contribution in [0.5, 0.6) is 0 Å². The zero-order valence-corrected chi connectivity index (χ0v) is 20.3. The molecule has 2 aromatic rings. The minimum Gasteiger partial charge on any atom is -0.354 e. The van der Waals surface area contributed by atoms with Gasteiger partial charge in [0.25, 0.3) is 0 Å². The molecule has 0 saturated carbocycles. The number of anilines is 2. The lowest BCUT2D eigenvalue weighted by Crippen LogP contribution is -2.47. The van der Waals surface area contributed by atoms with Gasteiger partial charge in [-0.25, -0.2) is 4.98 Å². The molecule has 1 aromatic heterocycles. The molecular formula is C25H34ClN7. The number of hydrogen-bond donors (Lipinski definition) is 1. The molecule has 1 aromatic carbocycles. The Hall–Kier alpha value is -2.37. The summed E-state index contributed by atoms with van der Waals surface area (Å²) in [5.41, 5.74) is 4.61. The lowest BCUT2D eigenvalue weighted by molar-refractivity contribution is 0.245. The van der Waals surface area contributed by atoms with Crippen molar-refractivity contribution in [1.82, 2.24) is 20.1 Å². The smallest absolute Gasteiger partial charge is 0.149 e. The third kappa shape index (κ3) is 5.10. The first-order valence-corrected chi connectivity index (χ1v) is 11.8. The molecular weight excluding hydrogens is 434 g/mol. The standard InChI is InChI=1S/C25H33N7.ClH/c1-29-13-15-32(16-14-29)25-22(17-26)23-19-30(18-20-5-3-2-4-6-20)10-7-21(23)24(28-25)31-11-8-27-9-12-31;/h2-6,27H,7-16,18-19H2,1H3;1H. The predicted molar refractivity (Wildman–Crippen MR) is 135 cm³/mol. The van der Waals surface area contributed by atoms with Crippen molar-refractivity contribution in [2.24, 2.45) is 0 Å². The number of aromatic nitrogens is 1. The third-order valence-electron chi connectivity index (χ3n) is 7.01. The van der Waals surface area contributed by atoms with Crippen molar-refractivity contribution in [3.8, 4) is 6.07 Å². The molecule has 1 N–H and O–H groups in total. The maximum Gasteiger partial charge on any atom is 0.149 e. The second kappa shape index (κ2) is 10.7. The fraction of sp³-hybridized carbons (Fsp3) is 0.520. The Labute approximate surface area is 203 Å². The van der Waals surface area contributed by atoms with Crippen molar-refractivity contribution in [3.63, 3.8) is 0 Å². The molecule has 0 atom stereocenters. The van der Waals surface area contributed by atoms with E-state index in [1.807, 2.05) is 0 Å². The molecule has 0 amide bonds. The molecule has 4 heterocycles. The average molecular weight is 468 g/mol. The average Bonchev–Trinajstić information content (AvgIpc) is 2.84. The molecule has 7 nitrogen and oxygen atoms in total. The van der Waals surface area contributed by atoms with Gasteiger partial charge in [0.05, 0.1) is 5.56 Å². The van der Waals surface area contributed by atoms with Gasteiger partial charge in [0.2, 0.25) is 0 Å². The van der Waals surface area contributed by atoms with Crippen LogP contribution in [-0.4, -0.2) is 80.7 Å². The van der Waals surface area contributed by atoms with E-state index >= 15 is 0 Å². The van der Waals surface area contributed by atoms with Crippen molar-refractivity contribution >= 4 is 24.0 Å². The molecule has 0 unspecified atom stereocenters. The van der Waals surface area contributed by atoms with Gasteiger partial charge in [0.1, 0.15) is 17.7 Å². The van der Waals surface area contributed by atoms with Crippen molar-refractivity contribution in [2.45, 2.75) is 19.5 Å². The van der Waals surface area contributed by atoms with Crippen LogP contribution >= 0.6 is 12.4 Å². The number of nitriles is 1. The van der Waals surface area contributed by atoms with Gasteiger partial charge < -0.3 is 20.0 Å². The van der Waals surface area contributed by atoms with Gasteiger partial charge in [0, 0.05) is 77.6 Å². The number of pyridine rings is 1. The number of hydrogen-bond acceptors (Lipinski definition) is 7. The number of piperazine rings is 2. The third-order valence-corrected chi connectivity index (χ3v) is 7.01. The summed E-state index contributed by atoms with van der Waals surface area (Å²) in [5.74, 6) is 2.02. The summed E-state index contributed by atoms with van der Waals surface area (Å²) in [6, 6.07) is 13.2. The lowest BCUT2D eigenvalue weighted by atomic mass is 9.94. The fourth-order valence-corrected chi connectivity index (χ4v) is 5.13. The zero-order chi connectivity index (χ0) is 21.9. The zero-order valence-electron chi connectivity index (χ0n) is 19.5. The van der Waals surface area contributed by atoms with Crippen molar-refractivity contribution in [1.29, 1.82) is 5.26 Å². The molecule has 0 bridgehead atoms. The van der Waals surface area contributed by atoms with E-state index in [1.165, 1.54) is 16.7 Å². The molecule has 8 heteroatoms. The molecule has 2 fully saturated rings. The number of rotatable bonds is 4. The van der Waals surface area contributed by atoms with Gasteiger partial charge in [-0.05, 0) is 24.6 Å². The monoisotopic (exact) mass is 467 g/mol. The highest BCUT2D eigenvalue weighted by atomic mass is 35.5. The number of benzene rings is 1. The summed E-state index contributed by atoms with van der Waals surface area (Å²) in [4.78, 5) is 14.8. The van der Waals surface area contributed by atoms with Crippen molar-refractivity contribution < 1.29 is 0 Å². The van der Waals surface area contributed by atoms with E-state index in [2.05, 4.69) is 68.4 Å². The van der Waals surface area contributed by atoms with Crippen LogP contribution in [0.2, 0.25) is 0 Å². The van der Waals surface area contributed by atoms with E-state index in [1.54, 1.807) is 0 Å². The largest absolute Gasteiger partial charge is 0.354 e. The van der Waals surface area contributed by atoms with Crippen LogP contribution in [0.1, 0.15) is 22.3 Å².